The first-order chi connectivity index (χ1) is 11.3. The third kappa shape index (κ3) is 4.16. The summed E-state index contributed by atoms with van der Waals surface area (Å²) in [6, 6.07) is 11.0. The Labute approximate surface area is 140 Å². The van der Waals surface area contributed by atoms with E-state index in [1.165, 1.54) is 17.0 Å². The van der Waals surface area contributed by atoms with Gasteiger partial charge in [-0.3, -0.25) is 5.43 Å². The summed E-state index contributed by atoms with van der Waals surface area (Å²) in [7, 11) is 1.74. The van der Waals surface area contributed by atoms with Crippen molar-refractivity contribution in [1.82, 2.24) is 16.2 Å². The van der Waals surface area contributed by atoms with Crippen LogP contribution in [0.25, 0.3) is 0 Å². The van der Waals surface area contributed by atoms with Crippen LogP contribution in [0.1, 0.15) is 22.6 Å². The van der Waals surface area contributed by atoms with Crippen molar-refractivity contribution in [2.75, 3.05) is 26.7 Å². The van der Waals surface area contributed by atoms with Gasteiger partial charge in [0.25, 0.3) is 0 Å². The van der Waals surface area contributed by atoms with Crippen molar-refractivity contribution in [3.63, 3.8) is 0 Å². The molecule has 1 fully saturated rings. The zero-order valence-corrected chi connectivity index (χ0v) is 13.9. The molecule has 0 aliphatic carbocycles. The van der Waals surface area contributed by atoms with Crippen molar-refractivity contribution in [3.05, 3.63) is 58.0 Å². The third-order valence-electron chi connectivity index (χ3n) is 4.20. The molecule has 3 N–H and O–H groups in total. The van der Waals surface area contributed by atoms with Crippen LogP contribution in [0.3, 0.4) is 0 Å². The van der Waals surface area contributed by atoms with E-state index in [4.69, 9.17) is 4.74 Å². The van der Waals surface area contributed by atoms with Gasteiger partial charge in [-0.25, -0.2) is 9.82 Å². The van der Waals surface area contributed by atoms with Gasteiger partial charge in [-0.2, -0.15) is 0 Å². The second-order valence-corrected chi connectivity index (χ2v) is 6.69. The van der Waals surface area contributed by atoms with E-state index in [0.29, 0.717) is 5.92 Å². The second kappa shape index (κ2) is 7.99. The largest absolute Gasteiger partial charge is 0.375 e. The first-order valence-corrected chi connectivity index (χ1v) is 8.66. The molecule has 2 heterocycles. The molecule has 1 saturated heterocycles. The van der Waals surface area contributed by atoms with E-state index in [1.54, 1.807) is 18.4 Å². The summed E-state index contributed by atoms with van der Waals surface area (Å²) in [6.07, 6.45) is 0.0848. The predicted octanol–water partition coefficient (Wildman–Crippen LogP) is 2.63. The number of hydrogen-bond acceptors (Lipinski definition) is 5. The minimum Gasteiger partial charge on any atom is -0.375 e. The maximum atomic E-state index is 13.1. The van der Waals surface area contributed by atoms with Crippen LogP contribution < -0.4 is 16.2 Å². The monoisotopic (exact) mass is 335 g/mol. The summed E-state index contributed by atoms with van der Waals surface area (Å²) < 4.78 is 18.6. The van der Waals surface area contributed by atoms with E-state index >= 15 is 0 Å². The topological polar surface area (TPSA) is 45.3 Å². The van der Waals surface area contributed by atoms with Gasteiger partial charge in [-0.05, 0) is 29.1 Å². The number of hydrogen-bond donors (Lipinski definition) is 3. The average molecular weight is 335 g/mol. The number of thiophene rings is 1. The molecule has 3 unspecified atom stereocenters. The fourth-order valence-electron chi connectivity index (χ4n) is 2.93. The number of ether oxygens (including phenoxy) is 1. The lowest BCUT2D eigenvalue weighted by molar-refractivity contribution is 0.104. The van der Waals surface area contributed by atoms with Crippen LogP contribution in [-0.2, 0) is 4.74 Å². The van der Waals surface area contributed by atoms with Crippen molar-refractivity contribution in [2.45, 2.75) is 12.1 Å². The van der Waals surface area contributed by atoms with Gasteiger partial charge < -0.3 is 10.1 Å². The molecule has 0 saturated carbocycles. The van der Waals surface area contributed by atoms with Gasteiger partial charge in [0, 0.05) is 37.5 Å². The van der Waals surface area contributed by atoms with Gasteiger partial charge in [0.1, 0.15) is 11.9 Å². The fourth-order valence-corrected chi connectivity index (χ4v) is 3.73. The maximum absolute atomic E-state index is 13.1. The minimum atomic E-state index is -0.201. The highest BCUT2D eigenvalue weighted by molar-refractivity contribution is 7.10. The molecule has 1 aromatic heterocycles. The van der Waals surface area contributed by atoms with E-state index < -0.39 is 0 Å². The van der Waals surface area contributed by atoms with Gasteiger partial charge in [0.05, 0.1) is 6.04 Å². The predicted molar refractivity (Wildman–Crippen MR) is 90.7 cm³/mol. The van der Waals surface area contributed by atoms with Crippen molar-refractivity contribution in [2.24, 2.45) is 5.92 Å². The van der Waals surface area contributed by atoms with Crippen molar-refractivity contribution < 1.29 is 9.13 Å². The highest BCUT2D eigenvalue weighted by Crippen LogP contribution is 2.25. The molecule has 6 heteroatoms. The SMILES string of the molecule is COC(CNCC1CNNC1c1ccc(F)cc1)c1cccs1. The zero-order chi connectivity index (χ0) is 16.1. The third-order valence-corrected chi connectivity index (χ3v) is 5.17. The summed E-state index contributed by atoms with van der Waals surface area (Å²) in [4.78, 5) is 1.23. The average Bonchev–Trinajstić information content (AvgIpc) is 3.24. The van der Waals surface area contributed by atoms with Crippen LogP contribution in [0.4, 0.5) is 4.39 Å². The Kier molecular flexibility index (Phi) is 5.75. The maximum Gasteiger partial charge on any atom is 0.123 e. The van der Waals surface area contributed by atoms with E-state index in [9.17, 15) is 4.39 Å². The van der Waals surface area contributed by atoms with Crippen LogP contribution in [0, 0.1) is 11.7 Å². The normalized spacial score (nSPS) is 22.3. The molecule has 0 spiro atoms. The van der Waals surface area contributed by atoms with Crippen LogP contribution in [0.15, 0.2) is 41.8 Å². The number of hydrazine groups is 1. The van der Waals surface area contributed by atoms with Gasteiger partial charge >= 0.3 is 0 Å². The Hall–Kier alpha value is -1.31. The van der Waals surface area contributed by atoms with E-state index in [0.717, 1.165) is 25.2 Å². The minimum absolute atomic E-state index is 0.0848. The number of nitrogens with one attached hydrogen (secondary N) is 3. The summed E-state index contributed by atoms with van der Waals surface area (Å²) in [5.74, 6) is 0.203. The molecule has 2 aromatic rings. The first kappa shape index (κ1) is 16.5. The highest BCUT2D eigenvalue weighted by atomic mass is 32.1. The van der Waals surface area contributed by atoms with E-state index in [-0.39, 0.29) is 18.0 Å². The lowest BCUT2D eigenvalue weighted by atomic mass is 9.95. The van der Waals surface area contributed by atoms with Crippen LogP contribution >= 0.6 is 11.3 Å². The van der Waals surface area contributed by atoms with Gasteiger partial charge in [0.2, 0.25) is 0 Å². The summed E-state index contributed by atoms with van der Waals surface area (Å²) in [5, 5.41) is 5.57. The Morgan fingerprint density at radius 1 is 1.35 bits per heavy atom. The van der Waals surface area contributed by atoms with Crippen LogP contribution in [0.2, 0.25) is 0 Å². The fraction of sp³-hybridized carbons (Fsp3) is 0.412. The standard InChI is InChI=1S/C17H22FN3OS/c1-22-15(16-3-2-8-23-16)11-19-9-13-10-20-21-17(13)12-4-6-14(18)7-5-12/h2-8,13,15,17,19-21H,9-11H2,1H3. The van der Waals surface area contributed by atoms with Crippen molar-refractivity contribution in [3.8, 4) is 0 Å². The number of halogens is 1. The van der Waals surface area contributed by atoms with Crippen molar-refractivity contribution in [1.29, 1.82) is 0 Å². The molecule has 3 rings (SSSR count). The van der Waals surface area contributed by atoms with Crippen LogP contribution in [0.5, 0.6) is 0 Å². The van der Waals surface area contributed by atoms with E-state index in [1.807, 2.05) is 18.2 Å². The summed E-state index contributed by atoms with van der Waals surface area (Å²) in [6.45, 7) is 2.53. The Bertz CT molecular complexity index is 590. The molecule has 1 aliphatic heterocycles. The lowest BCUT2D eigenvalue weighted by Gasteiger charge is -2.21. The van der Waals surface area contributed by atoms with Gasteiger partial charge in [-0.1, -0.05) is 18.2 Å². The molecule has 3 atom stereocenters. The molecule has 23 heavy (non-hydrogen) atoms. The number of benzene rings is 1. The molecule has 4 nitrogen and oxygen atoms in total. The lowest BCUT2D eigenvalue weighted by Crippen LogP contribution is -2.31. The first-order valence-electron chi connectivity index (χ1n) is 7.78. The quantitative estimate of drug-likeness (QED) is 0.728. The molecular formula is C17H22FN3OS. The Morgan fingerprint density at radius 3 is 2.87 bits per heavy atom. The molecule has 124 valence electrons. The molecular weight excluding hydrogens is 313 g/mol. The Balaban J connectivity index is 1.53. The summed E-state index contributed by atoms with van der Waals surface area (Å²) in [5.41, 5.74) is 7.58. The molecule has 0 bridgehead atoms. The molecule has 0 radical (unpaired) electrons. The molecule has 0 amide bonds. The van der Waals surface area contributed by atoms with Crippen molar-refractivity contribution >= 4 is 11.3 Å². The van der Waals surface area contributed by atoms with Crippen LogP contribution in [-0.4, -0.2) is 26.7 Å². The molecule has 1 aromatic carbocycles. The Morgan fingerprint density at radius 2 is 2.17 bits per heavy atom. The zero-order valence-electron chi connectivity index (χ0n) is 13.1. The van der Waals surface area contributed by atoms with Gasteiger partial charge in [0.15, 0.2) is 0 Å². The second-order valence-electron chi connectivity index (χ2n) is 5.71. The summed E-state index contributed by atoms with van der Waals surface area (Å²) >= 11 is 1.71. The van der Waals surface area contributed by atoms with E-state index in [2.05, 4.69) is 27.6 Å². The number of methoxy groups -OCH3 is 1. The highest BCUT2D eigenvalue weighted by Gasteiger charge is 2.28. The number of rotatable bonds is 7. The molecule has 1 aliphatic rings. The van der Waals surface area contributed by atoms with Gasteiger partial charge in [-0.15, -0.1) is 11.3 Å². The smallest absolute Gasteiger partial charge is 0.123 e.